The molecule has 1 aliphatic carbocycles. The Bertz CT molecular complexity index is 364. The summed E-state index contributed by atoms with van der Waals surface area (Å²) in [6.45, 7) is 3.32. The highest BCUT2D eigenvalue weighted by molar-refractivity contribution is 5.69. The summed E-state index contributed by atoms with van der Waals surface area (Å²) in [5, 5.41) is 3.47. The Labute approximate surface area is 97.2 Å². The Balaban J connectivity index is 1.96. The van der Waals surface area contributed by atoms with Crippen LogP contribution in [0.4, 0.5) is 17.1 Å². The number of hydrogen-bond donors (Lipinski definition) is 3. The monoisotopic (exact) mass is 219 g/mol. The van der Waals surface area contributed by atoms with Gasteiger partial charge in [-0.3, -0.25) is 0 Å². The van der Waals surface area contributed by atoms with Crippen LogP contribution in [0.3, 0.4) is 0 Å². The SMILES string of the molecule is CCC1(CNc2ccc(N)c(N)c2)CCC1. The van der Waals surface area contributed by atoms with E-state index >= 15 is 0 Å². The first-order chi connectivity index (χ1) is 7.65. The zero-order valence-electron chi connectivity index (χ0n) is 9.92. The molecule has 3 nitrogen and oxygen atoms in total. The number of rotatable bonds is 4. The molecule has 0 unspecified atom stereocenters. The van der Waals surface area contributed by atoms with Crippen LogP contribution in [0.5, 0.6) is 0 Å². The van der Waals surface area contributed by atoms with E-state index < -0.39 is 0 Å². The average Bonchev–Trinajstić information content (AvgIpc) is 2.22. The van der Waals surface area contributed by atoms with Crippen LogP contribution in [0, 0.1) is 5.41 Å². The minimum atomic E-state index is 0.524. The highest BCUT2D eigenvalue weighted by atomic mass is 14.9. The predicted molar refractivity (Wildman–Crippen MR) is 70.3 cm³/mol. The third-order valence-electron chi connectivity index (χ3n) is 3.92. The van der Waals surface area contributed by atoms with Crippen LogP contribution in [0.2, 0.25) is 0 Å². The van der Waals surface area contributed by atoms with E-state index in [-0.39, 0.29) is 0 Å². The average molecular weight is 219 g/mol. The lowest BCUT2D eigenvalue weighted by Crippen LogP contribution is -2.35. The molecule has 5 N–H and O–H groups in total. The number of hydrogen-bond acceptors (Lipinski definition) is 3. The molecule has 2 rings (SSSR count). The fourth-order valence-corrected chi connectivity index (χ4v) is 2.31. The Hall–Kier alpha value is -1.38. The van der Waals surface area contributed by atoms with E-state index in [2.05, 4.69) is 12.2 Å². The van der Waals surface area contributed by atoms with Gasteiger partial charge in [-0.25, -0.2) is 0 Å². The zero-order valence-corrected chi connectivity index (χ0v) is 9.92. The maximum absolute atomic E-state index is 5.77. The van der Waals surface area contributed by atoms with Crippen LogP contribution in [-0.4, -0.2) is 6.54 Å². The van der Waals surface area contributed by atoms with Gasteiger partial charge in [0.2, 0.25) is 0 Å². The molecule has 1 aromatic carbocycles. The minimum Gasteiger partial charge on any atom is -0.397 e. The smallest absolute Gasteiger partial charge is 0.0568 e. The Morgan fingerprint density at radius 2 is 2.00 bits per heavy atom. The van der Waals surface area contributed by atoms with Crippen LogP contribution >= 0.6 is 0 Å². The molecule has 88 valence electrons. The van der Waals surface area contributed by atoms with Gasteiger partial charge < -0.3 is 16.8 Å². The number of nitrogens with one attached hydrogen (secondary N) is 1. The highest BCUT2D eigenvalue weighted by Crippen LogP contribution is 2.43. The predicted octanol–water partition coefficient (Wildman–Crippen LogP) is 2.84. The fourth-order valence-electron chi connectivity index (χ4n) is 2.31. The molecule has 0 saturated heterocycles. The van der Waals surface area contributed by atoms with Crippen molar-refractivity contribution in [2.24, 2.45) is 5.41 Å². The maximum atomic E-state index is 5.77. The van der Waals surface area contributed by atoms with Crippen LogP contribution in [0.25, 0.3) is 0 Å². The van der Waals surface area contributed by atoms with Crippen molar-refractivity contribution in [3.63, 3.8) is 0 Å². The molecule has 0 heterocycles. The van der Waals surface area contributed by atoms with Gasteiger partial charge in [-0.1, -0.05) is 13.3 Å². The Morgan fingerprint density at radius 3 is 2.50 bits per heavy atom. The summed E-state index contributed by atoms with van der Waals surface area (Å²) in [5.41, 5.74) is 14.4. The molecular weight excluding hydrogens is 198 g/mol. The number of nitrogens with two attached hydrogens (primary N) is 2. The molecule has 16 heavy (non-hydrogen) atoms. The standard InChI is InChI=1S/C13H21N3/c1-2-13(6-3-7-13)9-16-10-4-5-11(14)12(15)8-10/h4-5,8,16H,2-3,6-7,9,14-15H2,1H3. The molecule has 0 aromatic heterocycles. The molecule has 3 heteroatoms. The molecule has 1 fully saturated rings. The quantitative estimate of drug-likeness (QED) is 0.682. The number of nitrogen functional groups attached to an aromatic ring is 2. The summed E-state index contributed by atoms with van der Waals surface area (Å²) in [6, 6.07) is 5.77. The van der Waals surface area contributed by atoms with E-state index in [1.165, 1.54) is 25.7 Å². The van der Waals surface area contributed by atoms with E-state index in [0.717, 1.165) is 12.2 Å². The third kappa shape index (κ3) is 2.08. The summed E-state index contributed by atoms with van der Waals surface area (Å²) in [6.07, 6.45) is 5.33. The van der Waals surface area contributed by atoms with E-state index in [1.54, 1.807) is 0 Å². The molecule has 1 aromatic rings. The van der Waals surface area contributed by atoms with Gasteiger partial charge in [0, 0.05) is 12.2 Å². The van der Waals surface area contributed by atoms with Gasteiger partial charge in [0.05, 0.1) is 11.4 Å². The summed E-state index contributed by atoms with van der Waals surface area (Å²) in [4.78, 5) is 0. The summed E-state index contributed by atoms with van der Waals surface area (Å²) < 4.78 is 0. The van der Waals surface area contributed by atoms with Crippen LogP contribution in [-0.2, 0) is 0 Å². The second-order valence-corrected chi connectivity index (χ2v) is 4.90. The molecule has 1 saturated carbocycles. The Kier molecular flexibility index (Phi) is 2.95. The molecular formula is C13H21N3. The normalized spacial score (nSPS) is 17.8. The third-order valence-corrected chi connectivity index (χ3v) is 3.92. The van der Waals surface area contributed by atoms with Gasteiger partial charge in [-0.15, -0.1) is 0 Å². The fraction of sp³-hybridized carbons (Fsp3) is 0.538. The lowest BCUT2D eigenvalue weighted by Gasteiger charge is -2.41. The van der Waals surface area contributed by atoms with Crippen LogP contribution in [0.1, 0.15) is 32.6 Å². The molecule has 0 amide bonds. The zero-order chi connectivity index (χ0) is 11.6. The second kappa shape index (κ2) is 4.24. The van der Waals surface area contributed by atoms with E-state index in [1.807, 2.05) is 18.2 Å². The summed E-state index contributed by atoms with van der Waals surface area (Å²) in [5.74, 6) is 0. The van der Waals surface area contributed by atoms with Gasteiger partial charge in [0.25, 0.3) is 0 Å². The van der Waals surface area contributed by atoms with E-state index in [0.29, 0.717) is 16.8 Å². The van der Waals surface area contributed by atoms with Crippen molar-refractivity contribution in [3.05, 3.63) is 18.2 Å². The first-order valence-corrected chi connectivity index (χ1v) is 6.04. The van der Waals surface area contributed by atoms with Crippen molar-refractivity contribution in [2.45, 2.75) is 32.6 Å². The lowest BCUT2D eigenvalue weighted by molar-refractivity contribution is 0.145. The summed E-state index contributed by atoms with van der Waals surface area (Å²) >= 11 is 0. The van der Waals surface area contributed by atoms with Gasteiger partial charge in [0.1, 0.15) is 0 Å². The first kappa shape index (κ1) is 11.1. The van der Waals surface area contributed by atoms with Crippen LogP contribution < -0.4 is 16.8 Å². The van der Waals surface area contributed by atoms with Crippen molar-refractivity contribution in [1.29, 1.82) is 0 Å². The second-order valence-electron chi connectivity index (χ2n) is 4.90. The maximum Gasteiger partial charge on any atom is 0.0568 e. The molecule has 0 bridgehead atoms. The van der Waals surface area contributed by atoms with Crippen molar-refractivity contribution >= 4 is 17.1 Å². The van der Waals surface area contributed by atoms with Crippen LogP contribution in [0.15, 0.2) is 18.2 Å². The molecule has 0 atom stereocenters. The highest BCUT2D eigenvalue weighted by Gasteiger charge is 2.34. The van der Waals surface area contributed by atoms with E-state index in [9.17, 15) is 0 Å². The number of benzene rings is 1. The van der Waals surface area contributed by atoms with Crippen molar-refractivity contribution < 1.29 is 0 Å². The minimum absolute atomic E-state index is 0.524. The summed E-state index contributed by atoms with van der Waals surface area (Å²) in [7, 11) is 0. The largest absolute Gasteiger partial charge is 0.397 e. The van der Waals surface area contributed by atoms with E-state index in [4.69, 9.17) is 11.5 Å². The van der Waals surface area contributed by atoms with Gasteiger partial charge >= 0.3 is 0 Å². The van der Waals surface area contributed by atoms with Crippen molar-refractivity contribution in [3.8, 4) is 0 Å². The first-order valence-electron chi connectivity index (χ1n) is 6.04. The lowest BCUT2D eigenvalue weighted by atomic mass is 9.67. The van der Waals surface area contributed by atoms with Gasteiger partial charge in [-0.2, -0.15) is 0 Å². The molecule has 0 aliphatic heterocycles. The van der Waals surface area contributed by atoms with Gasteiger partial charge in [-0.05, 0) is 42.9 Å². The van der Waals surface area contributed by atoms with Crippen molar-refractivity contribution in [1.82, 2.24) is 0 Å². The topological polar surface area (TPSA) is 64.1 Å². The van der Waals surface area contributed by atoms with Gasteiger partial charge in [0.15, 0.2) is 0 Å². The van der Waals surface area contributed by atoms with Crippen molar-refractivity contribution in [2.75, 3.05) is 23.3 Å². The molecule has 0 radical (unpaired) electrons. The Morgan fingerprint density at radius 1 is 1.25 bits per heavy atom. The molecule has 1 aliphatic rings. The molecule has 0 spiro atoms. The number of anilines is 3.